The molecule has 0 radical (unpaired) electrons. The summed E-state index contributed by atoms with van der Waals surface area (Å²) in [5.74, 6) is -0.375. The predicted molar refractivity (Wildman–Crippen MR) is 103 cm³/mol. The number of anilines is 1. The summed E-state index contributed by atoms with van der Waals surface area (Å²) < 4.78 is 28.5. The predicted octanol–water partition coefficient (Wildman–Crippen LogP) is 1.89. The molecule has 1 fully saturated rings. The molecule has 3 rings (SSSR count). The number of benzene rings is 1. The van der Waals surface area contributed by atoms with Gasteiger partial charge >= 0.3 is 0 Å². The van der Waals surface area contributed by atoms with Crippen LogP contribution in [0.4, 0.5) is 5.69 Å². The molecule has 0 spiro atoms. The maximum absolute atomic E-state index is 12.9. The molecule has 2 aliphatic rings. The van der Waals surface area contributed by atoms with Crippen LogP contribution in [0, 0.1) is 5.92 Å². The fraction of sp³-hybridized carbons (Fsp3) is 0.579. The first-order chi connectivity index (χ1) is 12.8. The Hall–Kier alpha value is -1.93. The van der Waals surface area contributed by atoms with E-state index in [9.17, 15) is 18.0 Å². The Kier molecular flexibility index (Phi) is 5.86. The summed E-state index contributed by atoms with van der Waals surface area (Å²) in [7, 11) is -3.85. The Morgan fingerprint density at radius 3 is 2.52 bits per heavy atom. The molecule has 0 saturated carbocycles. The van der Waals surface area contributed by atoms with E-state index in [0.717, 1.165) is 18.4 Å². The van der Waals surface area contributed by atoms with Gasteiger partial charge in [0.05, 0.1) is 4.90 Å². The van der Waals surface area contributed by atoms with Crippen LogP contribution in [-0.2, 0) is 26.0 Å². The smallest absolute Gasteiger partial charge is 0.241 e. The first-order valence-electron chi connectivity index (χ1n) is 9.52. The van der Waals surface area contributed by atoms with Gasteiger partial charge in [-0.15, -0.1) is 0 Å². The molecule has 1 saturated heterocycles. The highest BCUT2D eigenvalue weighted by Gasteiger charge is 2.33. The van der Waals surface area contributed by atoms with E-state index >= 15 is 0 Å². The summed E-state index contributed by atoms with van der Waals surface area (Å²) in [6.45, 7) is 5.05. The van der Waals surface area contributed by atoms with E-state index in [4.69, 9.17) is 0 Å². The minimum Gasteiger partial charge on any atom is -0.341 e. The average Bonchev–Trinajstić information content (AvgIpc) is 3.08. The Bertz CT molecular complexity index is 829. The fourth-order valence-electron chi connectivity index (χ4n) is 3.56. The molecule has 2 aliphatic heterocycles. The summed E-state index contributed by atoms with van der Waals surface area (Å²) >= 11 is 0. The number of rotatable bonds is 5. The second kappa shape index (κ2) is 7.98. The number of likely N-dealkylation sites (tertiary alicyclic amines) is 1. The zero-order valence-electron chi connectivity index (χ0n) is 15.8. The van der Waals surface area contributed by atoms with Crippen molar-refractivity contribution in [2.45, 2.75) is 56.9 Å². The normalized spacial score (nSPS) is 18.8. The van der Waals surface area contributed by atoms with Crippen molar-refractivity contribution in [2.75, 3.05) is 18.4 Å². The molecule has 27 heavy (non-hydrogen) atoms. The van der Waals surface area contributed by atoms with E-state index in [0.29, 0.717) is 38.0 Å². The summed E-state index contributed by atoms with van der Waals surface area (Å²) in [6, 6.07) is 3.91. The minimum absolute atomic E-state index is 0.0569. The molecule has 8 heteroatoms. The summed E-state index contributed by atoms with van der Waals surface area (Å²) in [5, 5.41) is 2.80. The lowest BCUT2D eigenvalue weighted by molar-refractivity contribution is -0.132. The highest BCUT2D eigenvalue weighted by molar-refractivity contribution is 7.89. The van der Waals surface area contributed by atoms with Crippen molar-refractivity contribution in [1.82, 2.24) is 9.62 Å². The van der Waals surface area contributed by atoms with Gasteiger partial charge in [-0.1, -0.05) is 13.8 Å². The molecule has 1 atom stereocenters. The van der Waals surface area contributed by atoms with Crippen LogP contribution in [0.3, 0.4) is 0 Å². The van der Waals surface area contributed by atoms with Gasteiger partial charge in [-0.3, -0.25) is 9.59 Å². The Labute approximate surface area is 160 Å². The molecular formula is C19H27N3O4S. The van der Waals surface area contributed by atoms with Crippen LogP contribution in [-0.4, -0.2) is 44.3 Å². The third kappa shape index (κ3) is 4.50. The summed E-state index contributed by atoms with van der Waals surface area (Å²) in [6.07, 6.45) is 3.66. The number of amides is 2. The van der Waals surface area contributed by atoms with Crippen molar-refractivity contribution in [1.29, 1.82) is 0 Å². The second-order valence-corrected chi connectivity index (χ2v) is 9.31. The Morgan fingerprint density at radius 2 is 1.85 bits per heavy atom. The maximum Gasteiger partial charge on any atom is 0.241 e. The van der Waals surface area contributed by atoms with E-state index < -0.39 is 16.1 Å². The van der Waals surface area contributed by atoms with E-state index in [-0.39, 0.29) is 22.6 Å². The van der Waals surface area contributed by atoms with Crippen molar-refractivity contribution in [2.24, 2.45) is 5.92 Å². The molecule has 2 N–H and O–H groups in total. The van der Waals surface area contributed by atoms with E-state index in [1.54, 1.807) is 17.0 Å². The second-order valence-electron chi connectivity index (χ2n) is 7.60. The van der Waals surface area contributed by atoms with Crippen LogP contribution in [0.15, 0.2) is 23.1 Å². The van der Waals surface area contributed by atoms with Gasteiger partial charge in [0.2, 0.25) is 21.8 Å². The van der Waals surface area contributed by atoms with Gasteiger partial charge in [0, 0.05) is 25.2 Å². The van der Waals surface area contributed by atoms with Crippen molar-refractivity contribution >= 4 is 27.5 Å². The number of hydrogen-bond acceptors (Lipinski definition) is 4. The largest absolute Gasteiger partial charge is 0.341 e. The monoisotopic (exact) mass is 393 g/mol. The summed E-state index contributed by atoms with van der Waals surface area (Å²) in [5.41, 5.74) is 1.46. The van der Waals surface area contributed by atoms with Crippen LogP contribution in [0.1, 0.15) is 45.1 Å². The van der Waals surface area contributed by atoms with E-state index in [1.807, 2.05) is 13.8 Å². The van der Waals surface area contributed by atoms with Crippen molar-refractivity contribution in [3.05, 3.63) is 23.8 Å². The first kappa shape index (κ1) is 19.8. The van der Waals surface area contributed by atoms with Gasteiger partial charge in [0.1, 0.15) is 6.04 Å². The van der Waals surface area contributed by atoms with Gasteiger partial charge in [-0.05, 0) is 55.4 Å². The number of fused-ring (bicyclic) bond motifs is 1. The van der Waals surface area contributed by atoms with Gasteiger partial charge in [-0.25, -0.2) is 8.42 Å². The van der Waals surface area contributed by atoms with Crippen molar-refractivity contribution < 1.29 is 18.0 Å². The number of hydrogen-bond donors (Lipinski definition) is 2. The molecule has 2 heterocycles. The van der Waals surface area contributed by atoms with Gasteiger partial charge in [-0.2, -0.15) is 4.72 Å². The lowest BCUT2D eigenvalue weighted by Crippen LogP contribution is -2.50. The lowest BCUT2D eigenvalue weighted by atomic mass is 10.0. The summed E-state index contributed by atoms with van der Waals surface area (Å²) in [4.78, 5) is 26.3. The molecular weight excluding hydrogens is 366 g/mol. The topological polar surface area (TPSA) is 95.6 Å². The molecule has 148 valence electrons. The molecule has 7 nitrogen and oxygen atoms in total. The zero-order chi connectivity index (χ0) is 19.6. The van der Waals surface area contributed by atoms with Gasteiger partial charge < -0.3 is 10.2 Å². The van der Waals surface area contributed by atoms with Gasteiger partial charge in [0.15, 0.2) is 0 Å². The van der Waals surface area contributed by atoms with Crippen molar-refractivity contribution in [3.8, 4) is 0 Å². The van der Waals surface area contributed by atoms with E-state index in [1.165, 1.54) is 6.07 Å². The third-order valence-electron chi connectivity index (χ3n) is 5.14. The molecule has 1 aromatic rings. The standard InChI is InChI=1S/C19H27N3O4S/c1-13(2)18(19(24)22-10-3-4-11-22)21-27(25,26)15-8-9-16-14(12-15)6-5-7-17(23)20-16/h8-9,12-13,18,21H,3-7,10-11H2,1-2H3,(H,20,23). The van der Waals surface area contributed by atoms with Gasteiger partial charge in [0.25, 0.3) is 0 Å². The molecule has 0 bridgehead atoms. The van der Waals surface area contributed by atoms with Crippen LogP contribution in [0.5, 0.6) is 0 Å². The van der Waals surface area contributed by atoms with Crippen LogP contribution >= 0.6 is 0 Å². The molecule has 0 aliphatic carbocycles. The number of sulfonamides is 1. The fourth-order valence-corrected chi connectivity index (χ4v) is 4.95. The lowest BCUT2D eigenvalue weighted by Gasteiger charge is -2.26. The van der Waals surface area contributed by atoms with Crippen LogP contribution < -0.4 is 10.0 Å². The molecule has 1 aromatic carbocycles. The molecule has 0 aromatic heterocycles. The number of aryl methyl sites for hydroxylation is 1. The first-order valence-corrected chi connectivity index (χ1v) is 11.0. The van der Waals surface area contributed by atoms with Crippen LogP contribution in [0.25, 0.3) is 0 Å². The Balaban J connectivity index is 1.83. The Morgan fingerprint density at radius 1 is 1.15 bits per heavy atom. The maximum atomic E-state index is 12.9. The quantitative estimate of drug-likeness (QED) is 0.798. The average molecular weight is 394 g/mol. The van der Waals surface area contributed by atoms with Crippen LogP contribution in [0.2, 0.25) is 0 Å². The van der Waals surface area contributed by atoms with E-state index in [2.05, 4.69) is 10.0 Å². The zero-order valence-corrected chi connectivity index (χ0v) is 16.6. The SMILES string of the molecule is CC(C)C(NS(=O)(=O)c1ccc2c(c1)CCCC(=O)N2)C(=O)N1CCCC1. The third-order valence-corrected chi connectivity index (χ3v) is 6.58. The van der Waals surface area contributed by atoms with Crippen molar-refractivity contribution in [3.63, 3.8) is 0 Å². The minimum atomic E-state index is -3.85. The number of carbonyl (C=O) groups is 2. The highest BCUT2D eigenvalue weighted by atomic mass is 32.2. The molecule has 1 unspecified atom stereocenters. The molecule has 2 amide bonds. The number of nitrogens with zero attached hydrogens (tertiary/aromatic N) is 1. The number of nitrogens with one attached hydrogen (secondary N) is 2. The highest BCUT2D eigenvalue weighted by Crippen LogP contribution is 2.25. The number of carbonyl (C=O) groups excluding carboxylic acids is 2.